The Balaban J connectivity index is 1.94. The topological polar surface area (TPSA) is 29.5 Å². The van der Waals surface area contributed by atoms with Crippen molar-refractivity contribution in [3.05, 3.63) is 29.3 Å². The van der Waals surface area contributed by atoms with Gasteiger partial charge in [0.25, 0.3) is 0 Å². The molecular weight excluding hydrogens is 262 g/mol. The van der Waals surface area contributed by atoms with Crippen molar-refractivity contribution in [1.82, 2.24) is 0 Å². The molecule has 114 valence electrons. The zero-order valence-corrected chi connectivity index (χ0v) is 13.3. The van der Waals surface area contributed by atoms with E-state index in [0.29, 0.717) is 11.8 Å². The lowest BCUT2D eigenvalue weighted by molar-refractivity contribution is -0.117. The van der Waals surface area contributed by atoms with Crippen molar-refractivity contribution in [3.8, 4) is 0 Å². The van der Waals surface area contributed by atoms with Crippen molar-refractivity contribution in [2.75, 3.05) is 18.1 Å². The summed E-state index contributed by atoms with van der Waals surface area (Å²) in [7, 11) is 0. The molecule has 2 atom stereocenters. The van der Waals surface area contributed by atoms with Crippen LogP contribution in [0.25, 0.3) is 0 Å². The van der Waals surface area contributed by atoms with Crippen molar-refractivity contribution >= 4 is 11.6 Å². The van der Waals surface area contributed by atoms with E-state index in [-0.39, 0.29) is 11.9 Å². The Morgan fingerprint density at radius 1 is 1.24 bits per heavy atom. The van der Waals surface area contributed by atoms with Crippen LogP contribution < -0.4 is 4.90 Å². The first-order valence-corrected chi connectivity index (χ1v) is 8.08. The number of fused-ring (bicyclic) bond motifs is 1. The Morgan fingerprint density at radius 2 is 1.95 bits per heavy atom. The normalized spacial score (nSPS) is 26.5. The Labute approximate surface area is 127 Å². The van der Waals surface area contributed by atoms with Crippen molar-refractivity contribution < 1.29 is 9.53 Å². The number of benzene rings is 1. The fraction of sp³-hybridized carbons (Fsp3) is 0.611. The van der Waals surface area contributed by atoms with Gasteiger partial charge in [0.1, 0.15) is 0 Å². The number of nitrogens with zero attached hydrogens (tertiary/aromatic N) is 1. The summed E-state index contributed by atoms with van der Waals surface area (Å²) in [6.07, 6.45) is 3.29. The molecule has 1 amide bonds. The monoisotopic (exact) mass is 287 g/mol. The number of carbonyl (C=O) groups excluding carboxylic acids is 1. The average molecular weight is 287 g/mol. The maximum atomic E-state index is 12.0. The van der Waals surface area contributed by atoms with Crippen molar-refractivity contribution in [3.63, 3.8) is 0 Å². The lowest BCUT2D eigenvalue weighted by Crippen LogP contribution is -2.45. The maximum Gasteiger partial charge on any atom is 0.224 e. The van der Waals surface area contributed by atoms with Crippen molar-refractivity contribution in [1.29, 1.82) is 0 Å². The molecule has 3 rings (SSSR count). The molecule has 0 saturated carbocycles. The molecule has 2 heterocycles. The van der Waals surface area contributed by atoms with Crippen LogP contribution in [0.4, 0.5) is 5.69 Å². The smallest absolute Gasteiger partial charge is 0.224 e. The summed E-state index contributed by atoms with van der Waals surface area (Å²) < 4.78 is 5.46. The Hall–Kier alpha value is -1.35. The molecule has 0 aromatic heterocycles. The highest BCUT2D eigenvalue weighted by Gasteiger charge is 2.31. The molecule has 1 unspecified atom stereocenters. The highest BCUT2D eigenvalue weighted by Crippen LogP contribution is 2.37. The SMILES string of the molecule is CC(=O)N1c2ccc(C3CCOCC3)cc2CC(C)[C@@H]1C. The van der Waals surface area contributed by atoms with Gasteiger partial charge in [-0.1, -0.05) is 19.1 Å². The van der Waals surface area contributed by atoms with Crippen LogP contribution in [0, 0.1) is 5.92 Å². The standard InChI is InChI=1S/C18H25NO2/c1-12-10-17-11-16(15-6-8-21-9-7-15)4-5-18(17)19(13(12)2)14(3)20/h4-5,11-13,15H,6-10H2,1-3H3/t12?,13-/m0/s1. The van der Waals surface area contributed by atoms with E-state index in [9.17, 15) is 4.79 Å². The van der Waals surface area contributed by atoms with Gasteiger partial charge >= 0.3 is 0 Å². The molecule has 0 N–H and O–H groups in total. The predicted octanol–water partition coefficient (Wildman–Crippen LogP) is 3.51. The summed E-state index contributed by atoms with van der Waals surface area (Å²) in [5.41, 5.74) is 3.87. The largest absolute Gasteiger partial charge is 0.381 e. The van der Waals surface area contributed by atoms with E-state index >= 15 is 0 Å². The zero-order valence-electron chi connectivity index (χ0n) is 13.3. The molecule has 0 aliphatic carbocycles. The molecule has 0 radical (unpaired) electrons. The number of hydrogen-bond donors (Lipinski definition) is 0. The lowest BCUT2D eigenvalue weighted by Gasteiger charge is -2.39. The molecule has 3 heteroatoms. The van der Waals surface area contributed by atoms with Crippen LogP contribution in [-0.4, -0.2) is 25.2 Å². The quantitative estimate of drug-likeness (QED) is 0.791. The minimum absolute atomic E-state index is 0.147. The highest BCUT2D eigenvalue weighted by atomic mass is 16.5. The second kappa shape index (κ2) is 5.80. The Morgan fingerprint density at radius 3 is 2.62 bits per heavy atom. The first-order chi connectivity index (χ1) is 10.1. The van der Waals surface area contributed by atoms with E-state index in [1.807, 2.05) is 4.90 Å². The Kier molecular flexibility index (Phi) is 4.03. The summed E-state index contributed by atoms with van der Waals surface area (Å²) in [5.74, 6) is 1.27. The zero-order chi connectivity index (χ0) is 15.0. The van der Waals surface area contributed by atoms with Crippen molar-refractivity contribution in [2.45, 2.75) is 52.0 Å². The molecule has 1 aromatic rings. The Bertz CT molecular complexity index is 534. The van der Waals surface area contributed by atoms with Gasteiger partial charge in [0.05, 0.1) is 0 Å². The minimum Gasteiger partial charge on any atom is -0.381 e. The van der Waals surface area contributed by atoms with Gasteiger partial charge in [0, 0.05) is 31.9 Å². The third-order valence-electron chi connectivity index (χ3n) is 5.17. The predicted molar refractivity (Wildman–Crippen MR) is 84.7 cm³/mol. The van der Waals surface area contributed by atoms with E-state index in [0.717, 1.165) is 38.2 Å². The van der Waals surface area contributed by atoms with Crippen LogP contribution in [0.2, 0.25) is 0 Å². The number of hydrogen-bond acceptors (Lipinski definition) is 2. The second-order valence-electron chi connectivity index (χ2n) is 6.59. The van der Waals surface area contributed by atoms with E-state index in [4.69, 9.17) is 4.74 Å². The van der Waals surface area contributed by atoms with Gasteiger partial charge in [-0.15, -0.1) is 0 Å². The average Bonchev–Trinajstić information content (AvgIpc) is 2.48. The van der Waals surface area contributed by atoms with E-state index < -0.39 is 0 Å². The van der Waals surface area contributed by atoms with Gasteiger partial charge in [-0.05, 0) is 55.2 Å². The number of ether oxygens (including phenoxy) is 1. The van der Waals surface area contributed by atoms with E-state index in [2.05, 4.69) is 32.0 Å². The molecule has 3 nitrogen and oxygen atoms in total. The third kappa shape index (κ3) is 2.71. The minimum atomic E-state index is 0.147. The highest BCUT2D eigenvalue weighted by molar-refractivity contribution is 5.93. The number of carbonyl (C=O) groups is 1. The molecule has 1 saturated heterocycles. The van der Waals surface area contributed by atoms with Gasteiger partial charge in [0.15, 0.2) is 0 Å². The van der Waals surface area contributed by atoms with Gasteiger partial charge < -0.3 is 9.64 Å². The molecule has 0 spiro atoms. The molecule has 2 aliphatic rings. The second-order valence-corrected chi connectivity index (χ2v) is 6.59. The van der Waals surface area contributed by atoms with Crippen LogP contribution in [0.5, 0.6) is 0 Å². The van der Waals surface area contributed by atoms with Crippen LogP contribution in [0.1, 0.15) is 50.7 Å². The van der Waals surface area contributed by atoms with Crippen LogP contribution >= 0.6 is 0 Å². The van der Waals surface area contributed by atoms with Gasteiger partial charge in [0.2, 0.25) is 5.91 Å². The molecule has 2 aliphatic heterocycles. The van der Waals surface area contributed by atoms with Gasteiger partial charge in [-0.2, -0.15) is 0 Å². The van der Waals surface area contributed by atoms with E-state index in [1.54, 1.807) is 6.92 Å². The summed E-state index contributed by atoms with van der Waals surface area (Å²) >= 11 is 0. The first kappa shape index (κ1) is 14.6. The molecule has 0 bridgehead atoms. The lowest BCUT2D eigenvalue weighted by atomic mass is 9.84. The number of anilines is 1. The first-order valence-electron chi connectivity index (χ1n) is 8.08. The molecule has 21 heavy (non-hydrogen) atoms. The summed E-state index contributed by atoms with van der Waals surface area (Å²) in [4.78, 5) is 14.0. The van der Waals surface area contributed by atoms with E-state index in [1.165, 1.54) is 11.1 Å². The maximum absolute atomic E-state index is 12.0. The molecular formula is C18H25NO2. The summed E-state index contributed by atoms with van der Waals surface area (Å²) in [6, 6.07) is 6.99. The van der Waals surface area contributed by atoms with Gasteiger partial charge in [-0.3, -0.25) is 4.79 Å². The number of rotatable bonds is 1. The fourth-order valence-electron chi connectivity index (χ4n) is 3.74. The number of amides is 1. The third-order valence-corrected chi connectivity index (χ3v) is 5.17. The van der Waals surface area contributed by atoms with Crippen LogP contribution in [0.15, 0.2) is 18.2 Å². The van der Waals surface area contributed by atoms with Crippen LogP contribution in [0.3, 0.4) is 0 Å². The van der Waals surface area contributed by atoms with Crippen molar-refractivity contribution in [2.24, 2.45) is 5.92 Å². The van der Waals surface area contributed by atoms with Gasteiger partial charge in [-0.25, -0.2) is 0 Å². The molecule has 1 aromatic carbocycles. The molecule has 1 fully saturated rings. The van der Waals surface area contributed by atoms with Crippen LogP contribution in [-0.2, 0) is 16.0 Å². The summed E-state index contributed by atoms with van der Waals surface area (Å²) in [6.45, 7) is 7.81. The fourth-order valence-corrected chi connectivity index (χ4v) is 3.74. The summed E-state index contributed by atoms with van der Waals surface area (Å²) in [5, 5.41) is 0.